The number of nitriles is 1. The van der Waals surface area contributed by atoms with E-state index in [2.05, 4.69) is 0 Å². The van der Waals surface area contributed by atoms with Crippen LogP contribution in [-0.2, 0) is 4.79 Å². The highest BCUT2D eigenvalue weighted by atomic mass is 19.4. The highest BCUT2D eigenvalue weighted by molar-refractivity contribution is 5.82. The van der Waals surface area contributed by atoms with Crippen LogP contribution in [-0.4, -0.2) is 24.7 Å². The highest BCUT2D eigenvalue weighted by Gasteiger charge is 2.45. The molecule has 4 rings (SSSR count). The van der Waals surface area contributed by atoms with Gasteiger partial charge in [-0.1, -0.05) is 6.07 Å². The summed E-state index contributed by atoms with van der Waals surface area (Å²) in [6.45, 7) is 0.281. The van der Waals surface area contributed by atoms with Crippen molar-refractivity contribution in [3.63, 3.8) is 0 Å². The number of fused-ring (bicyclic) bond motifs is 5. The third-order valence-electron chi connectivity index (χ3n) is 5.21. The van der Waals surface area contributed by atoms with E-state index in [4.69, 9.17) is 4.74 Å². The van der Waals surface area contributed by atoms with Crippen molar-refractivity contribution >= 4 is 11.6 Å². The first-order chi connectivity index (χ1) is 14.2. The molecule has 2 aliphatic rings. The molecule has 156 valence electrons. The van der Waals surface area contributed by atoms with Crippen LogP contribution in [0, 0.1) is 23.0 Å². The van der Waals surface area contributed by atoms with Crippen molar-refractivity contribution in [2.45, 2.75) is 31.1 Å². The Morgan fingerprint density at radius 3 is 2.67 bits per heavy atom. The molecular formula is C20H14F5N3O2. The number of halogens is 5. The van der Waals surface area contributed by atoms with E-state index in [1.807, 2.05) is 5.32 Å². The Bertz CT molecular complexity index is 1060. The van der Waals surface area contributed by atoms with Gasteiger partial charge in [0.15, 0.2) is 5.75 Å². The summed E-state index contributed by atoms with van der Waals surface area (Å²) < 4.78 is 73.3. The first-order valence-corrected chi connectivity index (χ1v) is 9.05. The Morgan fingerprint density at radius 2 is 1.97 bits per heavy atom. The van der Waals surface area contributed by atoms with E-state index in [1.165, 1.54) is 18.2 Å². The van der Waals surface area contributed by atoms with Gasteiger partial charge in [-0.15, -0.1) is 0 Å². The largest absolute Gasteiger partial charge is 0.471 e. The summed E-state index contributed by atoms with van der Waals surface area (Å²) in [5.74, 6) is -3.70. The number of hydrogen-bond acceptors (Lipinski definition) is 4. The number of piperidine rings is 1. The molecule has 5 nitrogen and oxygen atoms in total. The molecule has 0 bridgehead atoms. The molecule has 2 aromatic rings. The van der Waals surface area contributed by atoms with Crippen molar-refractivity contribution in [3.8, 4) is 17.6 Å². The summed E-state index contributed by atoms with van der Waals surface area (Å²) in [6, 6.07) is 5.69. The van der Waals surface area contributed by atoms with Gasteiger partial charge >= 0.3 is 12.1 Å². The summed E-state index contributed by atoms with van der Waals surface area (Å²) in [5.41, 5.74) is -0.0942. The minimum atomic E-state index is -5.10. The molecule has 1 saturated heterocycles. The molecule has 2 unspecified atom stereocenters. The minimum absolute atomic E-state index is 0.000940. The van der Waals surface area contributed by atoms with Crippen LogP contribution in [0.15, 0.2) is 30.3 Å². The Kier molecular flexibility index (Phi) is 4.76. The molecule has 1 N–H and O–H groups in total. The first kappa shape index (κ1) is 19.9. The third-order valence-corrected chi connectivity index (χ3v) is 5.21. The Morgan fingerprint density at radius 1 is 1.20 bits per heavy atom. The maximum absolute atomic E-state index is 14.8. The van der Waals surface area contributed by atoms with Gasteiger partial charge in [0.25, 0.3) is 0 Å². The molecule has 2 heterocycles. The predicted octanol–water partition coefficient (Wildman–Crippen LogP) is 4.33. The van der Waals surface area contributed by atoms with E-state index in [1.54, 1.807) is 11.0 Å². The van der Waals surface area contributed by atoms with Gasteiger partial charge in [0.1, 0.15) is 23.5 Å². The van der Waals surface area contributed by atoms with Gasteiger partial charge < -0.3 is 15.0 Å². The zero-order valence-electron chi connectivity index (χ0n) is 15.3. The van der Waals surface area contributed by atoms with Crippen LogP contribution < -0.4 is 15.0 Å². The van der Waals surface area contributed by atoms with Crippen molar-refractivity contribution in [1.29, 1.82) is 5.26 Å². The molecular weight excluding hydrogens is 409 g/mol. The topological polar surface area (TPSA) is 65.4 Å². The fourth-order valence-corrected chi connectivity index (χ4v) is 3.97. The van der Waals surface area contributed by atoms with Crippen molar-refractivity contribution in [3.05, 3.63) is 53.1 Å². The van der Waals surface area contributed by atoms with Gasteiger partial charge in [0.2, 0.25) is 0 Å². The average Bonchev–Trinajstić information content (AvgIpc) is 2.82. The second-order valence-corrected chi connectivity index (χ2v) is 7.02. The van der Waals surface area contributed by atoms with E-state index in [9.17, 15) is 32.0 Å². The quantitative estimate of drug-likeness (QED) is 0.694. The predicted molar refractivity (Wildman–Crippen MR) is 94.9 cm³/mol. The fourth-order valence-electron chi connectivity index (χ4n) is 3.97. The molecule has 2 aromatic carbocycles. The smallest absolute Gasteiger partial charge is 0.455 e. The number of ether oxygens (including phenoxy) is 1. The van der Waals surface area contributed by atoms with E-state index in [-0.39, 0.29) is 41.3 Å². The molecule has 1 amide bonds. The second-order valence-electron chi connectivity index (χ2n) is 7.02. The van der Waals surface area contributed by atoms with E-state index < -0.39 is 35.8 Å². The van der Waals surface area contributed by atoms with Crippen LogP contribution in [0.1, 0.15) is 30.0 Å². The highest BCUT2D eigenvalue weighted by Crippen LogP contribution is 2.49. The normalized spacial score (nSPS) is 20.1. The number of rotatable bonds is 1. The van der Waals surface area contributed by atoms with Gasteiger partial charge in [-0.3, -0.25) is 4.79 Å². The maximum atomic E-state index is 14.8. The Labute approximate surface area is 167 Å². The monoisotopic (exact) mass is 423 g/mol. The number of nitrogens with zero attached hydrogens (tertiary/aromatic N) is 2. The first-order valence-electron chi connectivity index (χ1n) is 9.05. The summed E-state index contributed by atoms with van der Waals surface area (Å²) in [4.78, 5) is 13.2. The number of alkyl halides is 3. The number of hydrogen-bond donors (Lipinski definition) is 1. The molecule has 30 heavy (non-hydrogen) atoms. The molecule has 1 fully saturated rings. The molecule has 10 heteroatoms. The van der Waals surface area contributed by atoms with E-state index >= 15 is 0 Å². The lowest BCUT2D eigenvalue weighted by atomic mass is 9.89. The SMILES string of the molecule is N#Cc1cc2c(cc1F)Oc1cccc(F)c1C1C(NC(=O)C(F)(F)F)CCCN21. The van der Waals surface area contributed by atoms with Gasteiger partial charge in [-0.2, -0.15) is 18.4 Å². The van der Waals surface area contributed by atoms with Gasteiger partial charge in [0.05, 0.1) is 28.9 Å². The third kappa shape index (κ3) is 3.30. The second kappa shape index (κ2) is 7.16. The molecule has 0 radical (unpaired) electrons. The van der Waals surface area contributed by atoms with Crippen LogP contribution in [0.3, 0.4) is 0 Å². The minimum Gasteiger partial charge on any atom is -0.455 e. The van der Waals surface area contributed by atoms with Crippen molar-refractivity contribution in [2.75, 3.05) is 11.4 Å². The van der Waals surface area contributed by atoms with Gasteiger partial charge in [-0.25, -0.2) is 8.78 Å². The van der Waals surface area contributed by atoms with Crippen molar-refractivity contribution in [2.24, 2.45) is 0 Å². The van der Waals surface area contributed by atoms with Gasteiger partial charge in [0, 0.05) is 12.6 Å². The summed E-state index contributed by atoms with van der Waals surface area (Å²) in [5, 5.41) is 11.1. The number of carbonyl (C=O) groups is 1. The Hall–Kier alpha value is -3.35. The van der Waals surface area contributed by atoms with Crippen LogP contribution in [0.2, 0.25) is 0 Å². The molecule has 0 saturated carbocycles. The zero-order valence-corrected chi connectivity index (χ0v) is 15.3. The number of nitrogens with one attached hydrogen (secondary N) is 1. The van der Waals surface area contributed by atoms with E-state index in [0.717, 1.165) is 12.1 Å². The lowest BCUT2D eigenvalue weighted by molar-refractivity contribution is -0.174. The number of carbonyl (C=O) groups excluding carboxylic acids is 1. The van der Waals surface area contributed by atoms with Crippen molar-refractivity contribution < 1.29 is 31.5 Å². The molecule has 2 atom stereocenters. The van der Waals surface area contributed by atoms with E-state index in [0.29, 0.717) is 6.42 Å². The number of amides is 1. The summed E-state index contributed by atoms with van der Waals surface area (Å²) in [7, 11) is 0. The van der Waals surface area contributed by atoms with Crippen molar-refractivity contribution in [1.82, 2.24) is 5.32 Å². The molecule has 0 aliphatic carbocycles. The molecule has 2 aliphatic heterocycles. The average molecular weight is 423 g/mol. The maximum Gasteiger partial charge on any atom is 0.471 e. The standard InChI is InChI=1S/C20H14F5N3O2/c21-11-3-1-5-15-17(11)18-13(27-19(29)20(23,24)25)4-2-6-28(18)14-7-10(9-26)12(22)8-16(14)30-15/h1,3,5,7-8,13,18H,2,4,6H2,(H,27,29). The lowest BCUT2D eigenvalue weighted by Crippen LogP contribution is -2.53. The van der Waals surface area contributed by atoms with Gasteiger partial charge in [-0.05, 0) is 31.0 Å². The van der Waals surface area contributed by atoms with Crippen LogP contribution in [0.4, 0.5) is 27.6 Å². The number of anilines is 1. The summed E-state index contributed by atoms with van der Waals surface area (Å²) in [6.07, 6.45) is -4.56. The zero-order chi connectivity index (χ0) is 21.6. The molecule has 0 aromatic heterocycles. The lowest BCUT2D eigenvalue weighted by Gasteiger charge is -2.42. The fraction of sp³-hybridized carbons (Fsp3) is 0.300. The number of benzene rings is 2. The summed E-state index contributed by atoms with van der Waals surface area (Å²) >= 11 is 0. The van der Waals surface area contributed by atoms with Crippen LogP contribution in [0.5, 0.6) is 11.5 Å². The van der Waals surface area contributed by atoms with Crippen LogP contribution >= 0.6 is 0 Å². The molecule has 0 spiro atoms. The van der Waals surface area contributed by atoms with Crippen LogP contribution in [0.25, 0.3) is 0 Å². The Balaban J connectivity index is 1.89.